The standard InChI is InChI=1S/C20H23N3O3S/c1-12(2)18(20(24)21-15-10-13(3)9-14(4)11-15)22-19-16-7-5-6-8-17(16)27(25,26)23-19/h5-12,18H,1-4H3,(H,21,24)(H,22,23). The quantitative estimate of drug-likeness (QED) is 0.848. The number of rotatable bonds is 4. The molecule has 0 radical (unpaired) electrons. The number of aryl methyl sites for hydroxylation is 2. The number of hydrogen-bond acceptors (Lipinski definition) is 4. The predicted molar refractivity (Wildman–Crippen MR) is 106 cm³/mol. The Morgan fingerprint density at radius 1 is 1.07 bits per heavy atom. The topological polar surface area (TPSA) is 87.6 Å². The van der Waals surface area contributed by atoms with Crippen LogP contribution in [-0.4, -0.2) is 26.2 Å². The molecule has 3 rings (SSSR count). The van der Waals surface area contributed by atoms with E-state index in [1.165, 1.54) is 6.07 Å². The van der Waals surface area contributed by atoms with Crippen LogP contribution in [0.5, 0.6) is 0 Å². The number of nitrogens with one attached hydrogen (secondary N) is 2. The fourth-order valence-electron chi connectivity index (χ4n) is 3.14. The first kappa shape index (κ1) is 19.1. The largest absolute Gasteiger partial charge is 0.324 e. The lowest BCUT2D eigenvalue weighted by Crippen LogP contribution is -2.34. The average molecular weight is 385 g/mol. The first-order valence-corrected chi connectivity index (χ1v) is 10.2. The van der Waals surface area contributed by atoms with E-state index >= 15 is 0 Å². The van der Waals surface area contributed by atoms with E-state index in [2.05, 4.69) is 15.0 Å². The second kappa shape index (κ2) is 7.15. The van der Waals surface area contributed by atoms with Crippen molar-refractivity contribution < 1.29 is 13.2 Å². The number of nitrogens with zero attached hydrogens (tertiary/aromatic N) is 1. The first-order valence-electron chi connectivity index (χ1n) is 8.76. The monoisotopic (exact) mass is 385 g/mol. The third kappa shape index (κ3) is 4.03. The van der Waals surface area contributed by atoms with Gasteiger partial charge in [0, 0.05) is 11.3 Å². The van der Waals surface area contributed by atoms with Gasteiger partial charge in [0.15, 0.2) is 0 Å². The van der Waals surface area contributed by atoms with Gasteiger partial charge in [-0.1, -0.05) is 32.0 Å². The molecule has 0 aromatic heterocycles. The Kier molecular flexibility index (Phi) is 5.06. The SMILES string of the molecule is Cc1cc(C)cc(NC(=O)C(N=C2NS(=O)(=O)c3ccccc32)C(C)C)c1. The maximum absolute atomic E-state index is 12.8. The highest BCUT2D eigenvalue weighted by molar-refractivity contribution is 7.90. The number of amides is 1. The number of carbonyl (C=O) groups excluding carboxylic acids is 1. The highest BCUT2D eigenvalue weighted by Crippen LogP contribution is 2.24. The molecule has 7 heteroatoms. The Morgan fingerprint density at radius 3 is 2.33 bits per heavy atom. The molecule has 1 unspecified atom stereocenters. The Hall–Kier alpha value is -2.67. The number of amidine groups is 1. The van der Waals surface area contributed by atoms with Crippen molar-refractivity contribution in [2.45, 2.75) is 38.6 Å². The molecule has 0 bridgehead atoms. The van der Waals surface area contributed by atoms with Crippen molar-refractivity contribution in [1.82, 2.24) is 4.72 Å². The van der Waals surface area contributed by atoms with Gasteiger partial charge in [0.05, 0.1) is 4.90 Å². The molecule has 1 heterocycles. The molecule has 2 N–H and O–H groups in total. The van der Waals surface area contributed by atoms with Crippen molar-refractivity contribution in [3.63, 3.8) is 0 Å². The van der Waals surface area contributed by atoms with Crippen LogP contribution in [0.4, 0.5) is 5.69 Å². The van der Waals surface area contributed by atoms with Crippen molar-refractivity contribution in [3.8, 4) is 0 Å². The van der Waals surface area contributed by atoms with Gasteiger partial charge in [-0.2, -0.15) is 0 Å². The summed E-state index contributed by atoms with van der Waals surface area (Å²) >= 11 is 0. The summed E-state index contributed by atoms with van der Waals surface area (Å²) in [6.45, 7) is 7.69. The van der Waals surface area contributed by atoms with Crippen LogP contribution < -0.4 is 10.0 Å². The normalized spacial score (nSPS) is 17.4. The summed E-state index contributed by atoms with van der Waals surface area (Å²) in [5.41, 5.74) is 3.29. The second-order valence-corrected chi connectivity index (χ2v) is 8.78. The van der Waals surface area contributed by atoms with E-state index in [0.717, 1.165) is 11.1 Å². The van der Waals surface area contributed by atoms with Crippen LogP contribution in [0.3, 0.4) is 0 Å². The molecule has 0 saturated heterocycles. The summed E-state index contributed by atoms with van der Waals surface area (Å²) < 4.78 is 27.0. The van der Waals surface area contributed by atoms with Crippen molar-refractivity contribution >= 4 is 27.5 Å². The van der Waals surface area contributed by atoms with Crippen molar-refractivity contribution in [3.05, 3.63) is 59.2 Å². The molecule has 0 aliphatic carbocycles. The molecular weight excluding hydrogens is 362 g/mol. The zero-order valence-corrected chi connectivity index (χ0v) is 16.6. The molecule has 1 amide bonds. The second-order valence-electron chi connectivity index (χ2n) is 7.13. The Labute approximate surface area is 159 Å². The van der Waals surface area contributed by atoms with Crippen molar-refractivity contribution in [2.24, 2.45) is 10.9 Å². The zero-order valence-electron chi connectivity index (χ0n) is 15.8. The molecule has 142 valence electrons. The van der Waals surface area contributed by atoms with Gasteiger partial charge < -0.3 is 5.32 Å². The van der Waals surface area contributed by atoms with Gasteiger partial charge >= 0.3 is 0 Å². The van der Waals surface area contributed by atoms with Gasteiger partial charge in [0.1, 0.15) is 11.9 Å². The number of carbonyl (C=O) groups is 1. The van der Waals surface area contributed by atoms with Crippen LogP contribution in [0.15, 0.2) is 52.4 Å². The van der Waals surface area contributed by atoms with Gasteiger partial charge in [-0.15, -0.1) is 0 Å². The van der Waals surface area contributed by atoms with Gasteiger partial charge in [0.2, 0.25) is 5.91 Å². The van der Waals surface area contributed by atoms with Crippen LogP contribution in [0.25, 0.3) is 0 Å². The van der Waals surface area contributed by atoms with Crippen LogP contribution in [0.1, 0.15) is 30.5 Å². The van der Waals surface area contributed by atoms with Gasteiger partial charge in [-0.05, 0) is 55.2 Å². The fourth-order valence-corrected chi connectivity index (χ4v) is 4.38. The highest BCUT2D eigenvalue weighted by Gasteiger charge is 2.32. The van der Waals surface area contributed by atoms with E-state index in [-0.39, 0.29) is 22.6 Å². The Balaban J connectivity index is 1.93. The summed E-state index contributed by atoms with van der Waals surface area (Å²) in [5.74, 6) is -0.174. The summed E-state index contributed by atoms with van der Waals surface area (Å²) in [4.78, 5) is 17.5. The smallest absolute Gasteiger partial charge is 0.263 e. The van der Waals surface area contributed by atoms with E-state index in [0.29, 0.717) is 11.3 Å². The average Bonchev–Trinajstić information content (AvgIpc) is 2.82. The molecule has 0 fully saturated rings. The van der Waals surface area contributed by atoms with Gasteiger partial charge in [-0.3, -0.25) is 14.5 Å². The number of anilines is 1. The molecule has 6 nitrogen and oxygen atoms in total. The van der Waals surface area contributed by atoms with Crippen LogP contribution in [-0.2, 0) is 14.8 Å². The summed E-state index contributed by atoms with van der Waals surface area (Å²) in [6.07, 6.45) is 0. The number of aliphatic imine (C=N–C) groups is 1. The van der Waals surface area contributed by atoms with Crippen LogP contribution in [0.2, 0.25) is 0 Å². The zero-order chi connectivity index (χ0) is 19.8. The number of fused-ring (bicyclic) bond motifs is 1. The lowest BCUT2D eigenvalue weighted by molar-refractivity contribution is -0.118. The summed E-state index contributed by atoms with van der Waals surface area (Å²) in [7, 11) is -3.63. The predicted octanol–water partition coefficient (Wildman–Crippen LogP) is 3.01. The lowest BCUT2D eigenvalue weighted by atomic mass is 10.0. The van der Waals surface area contributed by atoms with Crippen molar-refractivity contribution in [2.75, 3.05) is 5.32 Å². The fraction of sp³-hybridized carbons (Fsp3) is 0.300. The minimum atomic E-state index is -3.63. The third-order valence-corrected chi connectivity index (χ3v) is 5.72. The summed E-state index contributed by atoms with van der Waals surface area (Å²) in [5, 5.41) is 2.90. The molecule has 2 aromatic carbocycles. The van der Waals surface area contributed by atoms with E-state index in [9.17, 15) is 13.2 Å². The number of hydrogen-bond donors (Lipinski definition) is 2. The Morgan fingerprint density at radius 2 is 1.70 bits per heavy atom. The molecule has 27 heavy (non-hydrogen) atoms. The van der Waals surface area contributed by atoms with Crippen LogP contribution in [0, 0.1) is 19.8 Å². The summed E-state index contributed by atoms with van der Waals surface area (Å²) in [6, 6.07) is 11.7. The minimum Gasteiger partial charge on any atom is -0.324 e. The number of sulfonamides is 1. The molecule has 1 aliphatic heterocycles. The highest BCUT2D eigenvalue weighted by atomic mass is 32.2. The molecule has 0 spiro atoms. The maximum atomic E-state index is 12.8. The van der Waals surface area contributed by atoms with E-state index in [1.54, 1.807) is 18.2 Å². The van der Waals surface area contributed by atoms with E-state index in [4.69, 9.17) is 0 Å². The molecular formula is C20H23N3O3S. The molecule has 2 aromatic rings. The first-order chi connectivity index (χ1) is 12.7. The van der Waals surface area contributed by atoms with Gasteiger partial charge in [-0.25, -0.2) is 8.42 Å². The van der Waals surface area contributed by atoms with Gasteiger partial charge in [0.25, 0.3) is 10.0 Å². The lowest BCUT2D eigenvalue weighted by Gasteiger charge is -2.18. The Bertz CT molecular complexity index is 1010. The molecule has 1 atom stereocenters. The number of benzene rings is 2. The molecule has 0 saturated carbocycles. The minimum absolute atomic E-state index is 0.110. The van der Waals surface area contributed by atoms with Crippen molar-refractivity contribution in [1.29, 1.82) is 0 Å². The molecule has 1 aliphatic rings. The van der Waals surface area contributed by atoms with E-state index in [1.807, 2.05) is 45.9 Å². The third-order valence-electron chi connectivity index (χ3n) is 4.32. The van der Waals surface area contributed by atoms with Crippen LogP contribution >= 0.6 is 0 Å². The maximum Gasteiger partial charge on any atom is 0.263 e. The van der Waals surface area contributed by atoms with E-state index < -0.39 is 16.1 Å².